The Kier molecular flexibility index (Phi) is 6.35. The molecule has 166 valence electrons. The van der Waals surface area contributed by atoms with Crippen molar-refractivity contribution < 1.29 is 26.4 Å². The Morgan fingerprint density at radius 3 is 2.58 bits per heavy atom. The van der Waals surface area contributed by atoms with Crippen molar-refractivity contribution in [2.24, 2.45) is 5.14 Å². The van der Waals surface area contributed by atoms with Gasteiger partial charge in [0.25, 0.3) is 0 Å². The Labute approximate surface area is 180 Å². The fourth-order valence-corrected chi connectivity index (χ4v) is 4.41. The second-order valence-corrected chi connectivity index (χ2v) is 9.53. The van der Waals surface area contributed by atoms with E-state index in [9.17, 15) is 26.4 Å². The third kappa shape index (κ3) is 5.20. The van der Waals surface area contributed by atoms with Crippen molar-refractivity contribution in [1.29, 1.82) is 0 Å². The lowest BCUT2D eigenvalue weighted by atomic mass is 10.2. The largest absolute Gasteiger partial charge is 0.416 e. The number of sulfonamides is 1. The lowest BCUT2D eigenvalue weighted by Crippen LogP contribution is -2.23. The summed E-state index contributed by atoms with van der Waals surface area (Å²) < 4.78 is 63.6. The second kappa shape index (κ2) is 8.52. The quantitative estimate of drug-likeness (QED) is 0.530. The molecule has 3 N–H and O–H groups in total. The number of primary sulfonamides is 1. The summed E-state index contributed by atoms with van der Waals surface area (Å²) in [6.07, 6.45) is -4.51. The molecule has 0 aliphatic carbocycles. The topological polar surface area (TPSA) is 107 Å². The monoisotopic (exact) mass is 472 g/mol. The van der Waals surface area contributed by atoms with Crippen molar-refractivity contribution in [1.82, 2.24) is 9.55 Å². The van der Waals surface area contributed by atoms with E-state index in [1.54, 1.807) is 17.6 Å². The highest BCUT2D eigenvalue weighted by Gasteiger charge is 2.30. The molecule has 0 fully saturated rings. The SMILES string of the molecule is CCn1c(SC(C)C(=O)Nc2cccc(C(F)(F)F)c2)nc2cc(S(N)(=O)=O)ccc21. The fourth-order valence-electron chi connectivity index (χ4n) is 2.89. The standard InChI is InChI=1S/C19H19F3N4O3S2/c1-3-26-16-8-7-14(31(23,28)29)10-15(16)25-18(26)30-11(2)17(27)24-13-6-4-5-12(9-13)19(20,21)22/h4-11H,3H2,1-2H3,(H,24,27)(H2,23,28,29). The number of carbonyl (C=O) groups is 1. The van der Waals surface area contributed by atoms with Crippen LogP contribution in [0.2, 0.25) is 0 Å². The number of hydrogen-bond donors (Lipinski definition) is 2. The van der Waals surface area contributed by atoms with Crippen LogP contribution in [-0.2, 0) is 27.5 Å². The molecule has 0 aliphatic rings. The van der Waals surface area contributed by atoms with Crippen LogP contribution < -0.4 is 10.5 Å². The molecule has 0 bridgehead atoms. The van der Waals surface area contributed by atoms with Crippen LogP contribution in [0.1, 0.15) is 19.4 Å². The normalized spacial score (nSPS) is 13.4. The maximum absolute atomic E-state index is 12.9. The van der Waals surface area contributed by atoms with Crippen LogP contribution in [0.4, 0.5) is 18.9 Å². The average molecular weight is 473 g/mol. The molecule has 1 heterocycles. The number of thioether (sulfide) groups is 1. The van der Waals surface area contributed by atoms with E-state index in [1.807, 2.05) is 6.92 Å². The number of nitrogens with zero attached hydrogens (tertiary/aromatic N) is 2. The number of nitrogens with one attached hydrogen (secondary N) is 1. The van der Waals surface area contributed by atoms with Gasteiger partial charge in [0, 0.05) is 12.2 Å². The molecule has 7 nitrogen and oxygen atoms in total. The molecular weight excluding hydrogens is 453 g/mol. The van der Waals surface area contributed by atoms with Crippen molar-refractivity contribution >= 4 is 44.4 Å². The van der Waals surface area contributed by atoms with Crippen LogP contribution >= 0.6 is 11.8 Å². The van der Waals surface area contributed by atoms with Gasteiger partial charge in [-0.2, -0.15) is 13.2 Å². The maximum atomic E-state index is 12.9. The van der Waals surface area contributed by atoms with Gasteiger partial charge in [-0.1, -0.05) is 17.8 Å². The average Bonchev–Trinajstić information content (AvgIpc) is 3.02. The van der Waals surface area contributed by atoms with Crippen LogP contribution in [0.25, 0.3) is 11.0 Å². The molecule has 2 aromatic carbocycles. The van der Waals surface area contributed by atoms with Crippen molar-refractivity contribution in [3.05, 3.63) is 48.0 Å². The van der Waals surface area contributed by atoms with E-state index in [0.717, 1.165) is 23.9 Å². The van der Waals surface area contributed by atoms with Gasteiger partial charge < -0.3 is 9.88 Å². The molecule has 3 rings (SSSR count). The van der Waals surface area contributed by atoms with E-state index in [-0.39, 0.29) is 10.6 Å². The second-order valence-electron chi connectivity index (χ2n) is 6.66. The third-order valence-electron chi connectivity index (χ3n) is 4.44. The fraction of sp³-hybridized carbons (Fsp3) is 0.263. The van der Waals surface area contributed by atoms with Gasteiger partial charge in [0.05, 0.1) is 26.7 Å². The number of fused-ring (bicyclic) bond motifs is 1. The van der Waals surface area contributed by atoms with E-state index >= 15 is 0 Å². The number of alkyl halides is 3. The van der Waals surface area contributed by atoms with Crippen LogP contribution in [0.15, 0.2) is 52.5 Å². The Bertz CT molecular complexity index is 1240. The molecule has 0 radical (unpaired) electrons. The molecule has 1 aromatic heterocycles. The lowest BCUT2D eigenvalue weighted by molar-refractivity contribution is -0.137. The minimum atomic E-state index is -4.51. The van der Waals surface area contributed by atoms with Crippen LogP contribution in [0.3, 0.4) is 0 Å². The first-order valence-electron chi connectivity index (χ1n) is 9.08. The number of imidazole rings is 1. The van der Waals surface area contributed by atoms with Crippen molar-refractivity contribution in [2.75, 3.05) is 5.32 Å². The third-order valence-corrected chi connectivity index (χ3v) is 6.44. The van der Waals surface area contributed by atoms with Crippen molar-refractivity contribution in [3.8, 4) is 0 Å². The predicted molar refractivity (Wildman–Crippen MR) is 112 cm³/mol. The summed E-state index contributed by atoms with van der Waals surface area (Å²) in [6.45, 7) is 3.98. The first kappa shape index (κ1) is 23.1. The van der Waals surface area contributed by atoms with Gasteiger partial charge >= 0.3 is 6.18 Å². The molecule has 0 saturated heterocycles. The summed E-state index contributed by atoms with van der Waals surface area (Å²) in [4.78, 5) is 16.9. The number of aromatic nitrogens is 2. The zero-order valence-electron chi connectivity index (χ0n) is 16.5. The molecule has 31 heavy (non-hydrogen) atoms. The zero-order chi connectivity index (χ0) is 23.0. The van der Waals surface area contributed by atoms with Gasteiger partial charge in [-0.15, -0.1) is 0 Å². The smallest absolute Gasteiger partial charge is 0.325 e. The van der Waals surface area contributed by atoms with Gasteiger partial charge in [0.1, 0.15) is 0 Å². The molecular formula is C19H19F3N4O3S2. The molecule has 0 saturated carbocycles. The molecule has 0 aliphatic heterocycles. The molecule has 12 heteroatoms. The maximum Gasteiger partial charge on any atom is 0.416 e. The van der Waals surface area contributed by atoms with E-state index in [2.05, 4.69) is 10.3 Å². The summed E-state index contributed by atoms with van der Waals surface area (Å²) in [5.74, 6) is -0.496. The van der Waals surface area contributed by atoms with Gasteiger partial charge in [-0.3, -0.25) is 4.79 Å². The number of nitrogens with two attached hydrogens (primary N) is 1. The Hall–Kier alpha value is -2.57. The first-order chi connectivity index (χ1) is 14.4. The number of rotatable bonds is 6. The molecule has 3 aromatic rings. The number of benzene rings is 2. The van der Waals surface area contributed by atoms with E-state index in [4.69, 9.17) is 5.14 Å². The number of halogens is 3. The van der Waals surface area contributed by atoms with Gasteiger partial charge in [-0.25, -0.2) is 18.5 Å². The van der Waals surface area contributed by atoms with Crippen LogP contribution in [-0.4, -0.2) is 29.1 Å². The number of hydrogen-bond acceptors (Lipinski definition) is 5. The molecule has 1 unspecified atom stereocenters. The number of anilines is 1. The number of aryl methyl sites for hydroxylation is 1. The molecule has 1 atom stereocenters. The summed E-state index contributed by atoms with van der Waals surface area (Å²) in [7, 11) is -3.89. The van der Waals surface area contributed by atoms with E-state index < -0.39 is 32.9 Å². The summed E-state index contributed by atoms with van der Waals surface area (Å²) >= 11 is 1.11. The molecule has 0 spiro atoms. The predicted octanol–water partition coefficient (Wildman–Crippen LogP) is 3.84. The van der Waals surface area contributed by atoms with E-state index in [0.29, 0.717) is 22.7 Å². The lowest BCUT2D eigenvalue weighted by Gasteiger charge is -2.14. The van der Waals surface area contributed by atoms with Gasteiger partial charge in [-0.05, 0) is 50.2 Å². The number of amides is 1. The highest BCUT2D eigenvalue weighted by molar-refractivity contribution is 8.00. The van der Waals surface area contributed by atoms with Crippen molar-refractivity contribution in [3.63, 3.8) is 0 Å². The zero-order valence-corrected chi connectivity index (χ0v) is 18.1. The minimum Gasteiger partial charge on any atom is -0.325 e. The van der Waals surface area contributed by atoms with Crippen LogP contribution in [0, 0.1) is 0 Å². The highest BCUT2D eigenvalue weighted by Crippen LogP contribution is 2.32. The van der Waals surface area contributed by atoms with Gasteiger partial charge in [0.15, 0.2) is 5.16 Å². The summed E-state index contributed by atoms with van der Waals surface area (Å²) in [5.41, 5.74) is 0.252. The van der Waals surface area contributed by atoms with Gasteiger partial charge in [0.2, 0.25) is 15.9 Å². The Balaban J connectivity index is 1.82. The minimum absolute atomic E-state index is 0.0362. The summed E-state index contributed by atoms with van der Waals surface area (Å²) in [6, 6.07) is 8.70. The molecule has 1 amide bonds. The van der Waals surface area contributed by atoms with Crippen LogP contribution in [0.5, 0.6) is 0 Å². The number of carbonyl (C=O) groups excluding carboxylic acids is 1. The Morgan fingerprint density at radius 1 is 1.26 bits per heavy atom. The Morgan fingerprint density at radius 2 is 1.97 bits per heavy atom. The van der Waals surface area contributed by atoms with Crippen molar-refractivity contribution in [2.45, 2.75) is 41.9 Å². The summed E-state index contributed by atoms with van der Waals surface area (Å²) in [5, 5.41) is 7.43. The highest BCUT2D eigenvalue weighted by atomic mass is 32.2. The first-order valence-corrected chi connectivity index (χ1v) is 11.5. The van der Waals surface area contributed by atoms with E-state index in [1.165, 1.54) is 24.3 Å².